The van der Waals surface area contributed by atoms with Gasteiger partial charge in [-0.25, -0.2) is 18.2 Å². The van der Waals surface area contributed by atoms with Crippen molar-refractivity contribution < 1.29 is 22.6 Å². The largest absolute Gasteiger partial charge is 0.496 e. The molecule has 4 aromatic rings. The molecule has 0 aliphatic carbocycles. The van der Waals surface area contributed by atoms with Gasteiger partial charge in [0, 0.05) is 18.9 Å². The number of aromatic nitrogens is 3. The molecule has 10 heteroatoms. The Morgan fingerprint density at radius 2 is 1.69 bits per heavy atom. The van der Waals surface area contributed by atoms with Gasteiger partial charge in [0.15, 0.2) is 5.75 Å². The molecular formula is C26H29N3O6S. The molecule has 2 aromatic heterocycles. The van der Waals surface area contributed by atoms with E-state index in [2.05, 4.69) is 4.98 Å². The quantitative estimate of drug-likeness (QED) is 0.339. The van der Waals surface area contributed by atoms with Gasteiger partial charge < -0.3 is 14.2 Å². The summed E-state index contributed by atoms with van der Waals surface area (Å²) in [6.45, 7) is 2.17. The second kappa shape index (κ2) is 10.1. The number of ether oxygens (including phenoxy) is 3. The second-order valence-corrected chi connectivity index (χ2v) is 10.6. The number of pyridine rings is 1. The van der Waals surface area contributed by atoms with Crippen LogP contribution in [0.15, 0.2) is 59.4 Å². The van der Waals surface area contributed by atoms with Crippen molar-refractivity contribution in [2.24, 2.45) is 7.05 Å². The van der Waals surface area contributed by atoms with Crippen LogP contribution in [0.4, 0.5) is 0 Å². The van der Waals surface area contributed by atoms with E-state index in [1.54, 1.807) is 26.3 Å². The number of hydrogen-bond acceptors (Lipinski definition) is 7. The Bertz CT molecular complexity index is 1570. The van der Waals surface area contributed by atoms with Gasteiger partial charge in [0.25, 0.3) is 5.88 Å². The minimum atomic E-state index is -3.49. The van der Waals surface area contributed by atoms with Crippen molar-refractivity contribution in [2.75, 3.05) is 32.8 Å². The summed E-state index contributed by atoms with van der Waals surface area (Å²) in [7, 11) is 1.28. The highest BCUT2D eigenvalue weighted by molar-refractivity contribution is 7.90. The van der Waals surface area contributed by atoms with Gasteiger partial charge >= 0.3 is 5.69 Å². The molecule has 0 N–H and O–H groups in total. The maximum absolute atomic E-state index is 13.5. The van der Waals surface area contributed by atoms with Crippen molar-refractivity contribution in [1.82, 2.24) is 14.1 Å². The van der Waals surface area contributed by atoms with Crippen LogP contribution >= 0.6 is 0 Å². The zero-order valence-corrected chi connectivity index (χ0v) is 21.7. The SMILES string of the molecule is CCOc1nc([C@@H](CS(C)(=O)=O)n2c(=O)n(C)c3cc(-c4ccccc4OC)ccc32)ccc1OC. The molecule has 9 nitrogen and oxygen atoms in total. The number of methoxy groups -OCH3 is 2. The fourth-order valence-electron chi connectivity index (χ4n) is 4.32. The molecular weight excluding hydrogens is 482 g/mol. The highest BCUT2D eigenvalue weighted by Crippen LogP contribution is 2.33. The van der Waals surface area contributed by atoms with E-state index in [4.69, 9.17) is 14.2 Å². The molecule has 0 amide bonds. The number of hydrogen-bond donors (Lipinski definition) is 0. The summed E-state index contributed by atoms with van der Waals surface area (Å²) in [5.74, 6) is 1.06. The van der Waals surface area contributed by atoms with Crippen LogP contribution in [0.2, 0.25) is 0 Å². The van der Waals surface area contributed by atoms with Crippen LogP contribution in [0.3, 0.4) is 0 Å². The van der Waals surface area contributed by atoms with Gasteiger partial charge in [-0.15, -0.1) is 0 Å². The van der Waals surface area contributed by atoms with Gasteiger partial charge in [-0.2, -0.15) is 0 Å². The second-order valence-electron chi connectivity index (χ2n) is 8.40. The molecule has 2 aromatic carbocycles. The van der Waals surface area contributed by atoms with E-state index in [9.17, 15) is 13.2 Å². The maximum atomic E-state index is 13.5. The number of para-hydroxylation sites is 1. The third-order valence-corrected chi connectivity index (χ3v) is 6.89. The van der Waals surface area contributed by atoms with Crippen molar-refractivity contribution in [3.63, 3.8) is 0 Å². The third kappa shape index (κ3) is 4.81. The van der Waals surface area contributed by atoms with Crippen LogP contribution in [0.25, 0.3) is 22.2 Å². The maximum Gasteiger partial charge on any atom is 0.329 e. The summed E-state index contributed by atoms with van der Waals surface area (Å²) in [6.07, 6.45) is 1.14. The summed E-state index contributed by atoms with van der Waals surface area (Å²) in [5, 5.41) is 0. The molecule has 0 saturated heterocycles. The van der Waals surface area contributed by atoms with Crippen molar-refractivity contribution >= 4 is 20.9 Å². The van der Waals surface area contributed by atoms with Crippen molar-refractivity contribution in [3.05, 3.63) is 70.8 Å². The first-order chi connectivity index (χ1) is 17.2. The Kier molecular flexibility index (Phi) is 7.07. The molecule has 0 unspecified atom stereocenters. The lowest BCUT2D eigenvalue weighted by Crippen LogP contribution is -2.31. The molecule has 0 radical (unpaired) electrons. The molecule has 0 saturated carbocycles. The molecule has 0 aliphatic heterocycles. The monoisotopic (exact) mass is 511 g/mol. The van der Waals surface area contributed by atoms with Gasteiger partial charge in [-0.3, -0.25) is 9.13 Å². The molecule has 36 heavy (non-hydrogen) atoms. The van der Waals surface area contributed by atoms with E-state index in [1.165, 1.54) is 16.2 Å². The molecule has 0 bridgehead atoms. The number of aryl methyl sites for hydroxylation is 1. The summed E-state index contributed by atoms with van der Waals surface area (Å²) in [4.78, 5) is 18.1. The van der Waals surface area contributed by atoms with E-state index >= 15 is 0 Å². The van der Waals surface area contributed by atoms with Crippen molar-refractivity contribution in [1.29, 1.82) is 0 Å². The lowest BCUT2D eigenvalue weighted by atomic mass is 10.0. The molecule has 4 rings (SSSR count). The summed E-state index contributed by atoms with van der Waals surface area (Å²) < 4.78 is 44.3. The predicted octanol–water partition coefficient (Wildman–Crippen LogP) is 3.45. The van der Waals surface area contributed by atoms with Crippen molar-refractivity contribution in [3.8, 4) is 28.5 Å². The zero-order valence-electron chi connectivity index (χ0n) is 20.9. The number of sulfone groups is 1. The van der Waals surface area contributed by atoms with Crippen LogP contribution in [0.1, 0.15) is 18.7 Å². The summed E-state index contributed by atoms with van der Waals surface area (Å²) in [6, 6.07) is 15.7. The normalized spacial score (nSPS) is 12.5. The zero-order chi connectivity index (χ0) is 26.0. The summed E-state index contributed by atoms with van der Waals surface area (Å²) in [5.41, 5.74) is 3.02. The number of fused-ring (bicyclic) bond motifs is 1. The van der Waals surface area contributed by atoms with Crippen LogP contribution in [0, 0.1) is 0 Å². The van der Waals surface area contributed by atoms with Gasteiger partial charge in [-0.1, -0.05) is 24.3 Å². The Hall–Kier alpha value is -3.79. The van der Waals surface area contributed by atoms with E-state index < -0.39 is 15.9 Å². The Morgan fingerprint density at radius 3 is 2.36 bits per heavy atom. The highest BCUT2D eigenvalue weighted by atomic mass is 32.2. The molecule has 190 valence electrons. The molecule has 0 spiro atoms. The topological polar surface area (TPSA) is 102 Å². The van der Waals surface area contributed by atoms with Gasteiger partial charge in [0.1, 0.15) is 15.6 Å². The van der Waals surface area contributed by atoms with Crippen LogP contribution < -0.4 is 19.9 Å². The molecule has 2 heterocycles. The summed E-state index contributed by atoms with van der Waals surface area (Å²) >= 11 is 0. The minimum Gasteiger partial charge on any atom is -0.496 e. The number of benzene rings is 2. The van der Waals surface area contributed by atoms with Crippen LogP contribution in [-0.4, -0.2) is 55.4 Å². The Balaban J connectivity index is 1.94. The van der Waals surface area contributed by atoms with E-state index in [1.807, 2.05) is 49.4 Å². The molecule has 0 fully saturated rings. The Morgan fingerprint density at radius 1 is 0.972 bits per heavy atom. The average Bonchev–Trinajstić information content (AvgIpc) is 3.11. The van der Waals surface area contributed by atoms with E-state index in [0.29, 0.717) is 34.8 Å². The smallest absolute Gasteiger partial charge is 0.329 e. The van der Waals surface area contributed by atoms with Crippen molar-refractivity contribution in [2.45, 2.75) is 13.0 Å². The van der Waals surface area contributed by atoms with Crippen LogP contribution in [-0.2, 0) is 16.9 Å². The van der Waals surface area contributed by atoms with Gasteiger partial charge in [0.05, 0.1) is 49.3 Å². The van der Waals surface area contributed by atoms with Crippen LogP contribution in [0.5, 0.6) is 17.4 Å². The highest BCUT2D eigenvalue weighted by Gasteiger charge is 2.27. The predicted molar refractivity (Wildman–Crippen MR) is 139 cm³/mol. The lowest BCUT2D eigenvalue weighted by molar-refractivity contribution is 0.296. The number of nitrogens with zero attached hydrogens (tertiary/aromatic N) is 3. The number of rotatable bonds is 9. The average molecular weight is 512 g/mol. The fraction of sp³-hybridized carbons (Fsp3) is 0.308. The number of imidazole rings is 1. The first-order valence-corrected chi connectivity index (χ1v) is 13.4. The third-order valence-electron chi connectivity index (χ3n) is 5.97. The van der Waals surface area contributed by atoms with Gasteiger partial charge in [0.2, 0.25) is 0 Å². The fourth-order valence-corrected chi connectivity index (χ4v) is 5.21. The Labute approximate surface area is 209 Å². The first-order valence-electron chi connectivity index (χ1n) is 11.4. The standard InChI is InChI=1S/C26H29N3O6S/c1-6-35-25-24(34-4)14-12-19(27-25)22(16-36(5,31)32)29-20-13-11-17(15-21(20)28(2)26(29)30)18-9-7-8-10-23(18)33-3/h7-15,22H,6,16H2,1-5H3/t22-/m1/s1. The van der Waals surface area contributed by atoms with E-state index in [0.717, 1.165) is 17.4 Å². The molecule has 1 atom stereocenters. The lowest BCUT2D eigenvalue weighted by Gasteiger charge is -2.19. The van der Waals surface area contributed by atoms with E-state index in [-0.39, 0.29) is 17.3 Å². The molecule has 0 aliphatic rings. The first kappa shape index (κ1) is 25.3. The van der Waals surface area contributed by atoms with Gasteiger partial charge in [-0.05, 0) is 42.8 Å². The minimum absolute atomic E-state index is 0.239.